The highest BCUT2D eigenvalue weighted by atomic mass is 35.5. The predicted molar refractivity (Wildman–Crippen MR) is 72.5 cm³/mol. The van der Waals surface area contributed by atoms with Crippen molar-refractivity contribution >= 4 is 18.4 Å². The van der Waals surface area contributed by atoms with Gasteiger partial charge in [-0.1, -0.05) is 6.07 Å². The number of carbonyl (C=O) groups is 1. The summed E-state index contributed by atoms with van der Waals surface area (Å²) in [6, 6.07) is 4.96. The molecule has 1 aliphatic heterocycles. The van der Waals surface area contributed by atoms with Gasteiger partial charge in [0.1, 0.15) is 0 Å². The van der Waals surface area contributed by atoms with E-state index in [1.807, 2.05) is 6.07 Å². The molecule has 1 aromatic rings. The van der Waals surface area contributed by atoms with Crippen LogP contribution in [0.2, 0.25) is 0 Å². The monoisotopic (exact) mass is 287 g/mol. The lowest BCUT2D eigenvalue weighted by Crippen LogP contribution is -2.37. The number of carbonyl (C=O) groups excluding carboxylic acids is 1. The molecule has 0 aliphatic carbocycles. The van der Waals surface area contributed by atoms with E-state index < -0.39 is 11.5 Å². The molecule has 106 valence electrons. The Morgan fingerprint density at radius 3 is 2.63 bits per heavy atom. The highest BCUT2D eigenvalue weighted by molar-refractivity contribution is 5.85. The first-order valence-electron chi connectivity index (χ1n) is 5.70. The van der Waals surface area contributed by atoms with Crippen LogP contribution in [0, 0.1) is 5.41 Å². The van der Waals surface area contributed by atoms with Crippen LogP contribution in [0.3, 0.4) is 0 Å². The fourth-order valence-corrected chi connectivity index (χ4v) is 1.91. The number of benzene rings is 1. The van der Waals surface area contributed by atoms with Gasteiger partial charge in [0, 0.05) is 6.04 Å². The first-order chi connectivity index (χ1) is 8.46. The molecule has 1 heterocycles. The highest BCUT2D eigenvalue weighted by Gasteiger charge is 2.37. The van der Waals surface area contributed by atoms with Crippen molar-refractivity contribution in [3.05, 3.63) is 23.8 Å². The molecule has 0 spiro atoms. The molecular weight excluding hydrogens is 270 g/mol. The standard InChI is InChI=1S/C13H17NO4.ClH/c1-13(2,12(15)16-3)11(14)8-4-5-9-10(6-8)18-7-17-9;/h4-6,11H,7,14H2,1-3H3;1H/t11-;/m0./s1. The zero-order valence-corrected chi connectivity index (χ0v) is 12.0. The second-order valence-electron chi connectivity index (χ2n) is 4.80. The van der Waals surface area contributed by atoms with Crippen LogP contribution in [0.1, 0.15) is 25.5 Å². The van der Waals surface area contributed by atoms with Crippen molar-refractivity contribution in [3.8, 4) is 11.5 Å². The van der Waals surface area contributed by atoms with Gasteiger partial charge in [0.05, 0.1) is 12.5 Å². The number of rotatable bonds is 3. The Kier molecular flexibility index (Phi) is 4.66. The van der Waals surface area contributed by atoms with Crippen molar-refractivity contribution in [1.29, 1.82) is 0 Å². The van der Waals surface area contributed by atoms with E-state index in [-0.39, 0.29) is 25.2 Å². The maximum atomic E-state index is 11.7. The number of ether oxygens (including phenoxy) is 3. The molecule has 1 atom stereocenters. The SMILES string of the molecule is COC(=O)C(C)(C)[C@@H](N)c1ccc2c(c1)OCO2.Cl. The molecule has 0 amide bonds. The average Bonchev–Trinajstić information content (AvgIpc) is 2.83. The lowest BCUT2D eigenvalue weighted by Gasteiger charge is -2.28. The van der Waals surface area contributed by atoms with Crippen LogP contribution in [0.15, 0.2) is 18.2 Å². The second kappa shape index (κ2) is 5.67. The summed E-state index contributed by atoms with van der Waals surface area (Å²) in [5.74, 6) is 1.01. The third kappa shape index (κ3) is 2.77. The lowest BCUT2D eigenvalue weighted by molar-refractivity contribution is -0.152. The summed E-state index contributed by atoms with van der Waals surface area (Å²) in [6.07, 6.45) is 0. The van der Waals surface area contributed by atoms with Crippen LogP contribution in [0.25, 0.3) is 0 Å². The Balaban J connectivity index is 0.00000180. The minimum absolute atomic E-state index is 0. The van der Waals surface area contributed by atoms with E-state index in [0.29, 0.717) is 11.5 Å². The molecule has 2 N–H and O–H groups in total. The van der Waals surface area contributed by atoms with E-state index in [0.717, 1.165) is 5.56 Å². The van der Waals surface area contributed by atoms with Crippen LogP contribution >= 0.6 is 12.4 Å². The number of hydrogen-bond acceptors (Lipinski definition) is 5. The van der Waals surface area contributed by atoms with E-state index >= 15 is 0 Å². The molecule has 0 fully saturated rings. The maximum absolute atomic E-state index is 11.7. The van der Waals surface area contributed by atoms with Gasteiger partial charge in [-0.2, -0.15) is 0 Å². The van der Waals surface area contributed by atoms with Crippen molar-refractivity contribution < 1.29 is 19.0 Å². The summed E-state index contributed by atoms with van der Waals surface area (Å²) in [5, 5.41) is 0. The molecule has 1 aliphatic rings. The summed E-state index contributed by atoms with van der Waals surface area (Å²) in [6.45, 7) is 3.73. The summed E-state index contributed by atoms with van der Waals surface area (Å²) >= 11 is 0. The zero-order chi connectivity index (χ0) is 13.3. The highest BCUT2D eigenvalue weighted by Crippen LogP contribution is 2.38. The Labute approximate surface area is 118 Å². The summed E-state index contributed by atoms with van der Waals surface area (Å²) in [7, 11) is 1.36. The molecule has 0 aromatic heterocycles. The molecule has 6 heteroatoms. The van der Waals surface area contributed by atoms with Crippen molar-refractivity contribution in [1.82, 2.24) is 0 Å². The minimum Gasteiger partial charge on any atom is -0.469 e. The second-order valence-corrected chi connectivity index (χ2v) is 4.80. The summed E-state index contributed by atoms with van der Waals surface area (Å²) in [4.78, 5) is 11.7. The Bertz CT molecular complexity index is 476. The van der Waals surface area contributed by atoms with E-state index in [2.05, 4.69) is 0 Å². The average molecular weight is 288 g/mol. The first-order valence-corrected chi connectivity index (χ1v) is 5.70. The van der Waals surface area contributed by atoms with Gasteiger partial charge in [-0.15, -0.1) is 12.4 Å². The van der Waals surface area contributed by atoms with Crippen molar-refractivity contribution in [2.45, 2.75) is 19.9 Å². The number of fused-ring (bicyclic) bond motifs is 1. The van der Waals surface area contributed by atoms with Gasteiger partial charge in [-0.25, -0.2) is 0 Å². The van der Waals surface area contributed by atoms with Crippen LogP contribution < -0.4 is 15.2 Å². The number of halogens is 1. The molecule has 0 unspecified atom stereocenters. The van der Waals surface area contributed by atoms with Crippen molar-refractivity contribution in [3.63, 3.8) is 0 Å². The van der Waals surface area contributed by atoms with Crippen LogP contribution in [0.4, 0.5) is 0 Å². The smallest absolute Gasteiger partial charge is 0.313 e. The first kappa shape index (κ1) is 15.6. The molecule has 0 bridgehead atoms. The topological polar surface area (TPSA) is 70.8 Å². The summed E-state index contributed by atoms with van der Waals surface area (Å²) < 4.78 is 15.3. The van der Waals surface area contributed by atoms with Gasteiger partial charge in [0.2, 0.25) is 6.79 Å². The Morgan fingerprint density at radius 2 is 2.00 bits per heavy atom. The van der Waals surface area contributed by atoms with Crippen LogP contribution in [-0.4, -0.2) is 19.9 Å². The molecule has 0 saturated heterocycles. The fourth-order valence-electron chi connectivity index (χ4n) is 1.91. The fraction of sp³-hybridized carbons (Fsp3) is 0.462. The van der Waals surface area contributed by atoms with Gasteiger partial charge in [0.15, 0.2) is 11.5 Å². The normalized spacial score (nSPS) is 14.5. The van der Waals surface area contributed by atoms with Crippen molar-refractivity contribution in [2.75, 3.05) is 13.9 Å². The van der Waals surface area contributed by atoms with Gasteiger partial charge < -0.3 is 19.9 Å². The molecule has 0 saturated carbocycles. The molecule has 1 aromatic carbocycles. The maximum Gasteiger partial charge on any atom is 0.313 e. The third-order valence-corrected chi connectivity index (χ3v) is 3.24. The lowest BCUT2D eigenvalue weighted by atomic mass is 9.81. The molecule has 0 radical (unpaired) electrons. The zero-order valence-electron chi connectivity index (χ0n) is 11.1. The van der Waals surface area contributed by atoms with E-state index in [4.69, 9.17) is 19.9 Å². The van der Waals surface area contributed by atoms with Crippen molar-refractivity contribution in [2.24, 2.45) is 11.1 Å². The number of esters is 1. The number of methoxy groups -OCH3 is 1. The summed E-state index contributed by atoms with van der Waals surface area (Å²) in [5.41, 5.74) is 6.16. The Hall–Kier alpha value is -1.46. The third-order valence-electron chi connectivity index (χ3n) is 3.24. The molecule has 19 heavy (non-hydrogen) atoms. The Morgan fingerprint density at radius 1 is 1.37 bits per heavy atom. The van der Waals surface area contributed by atoms with Crippen LogP contribution in [0.5, 0.6) is 11.5 Å². The largest absolute Gasteiger partial charge is 0.469 e. The number of hydrogen-bond donors (Lipinski definition) is 1. The van der Waals surface area contributed by atoms with E-state index in [1.54, 1.807) is 26.0 Å². The van der Waals surface area contributed by atoms with Crippen LogP contribution in [-0.2, 0) is 9.53 Å². The quantitative estimate of drug-likeness (QED) is 0.862. The van der Waals surface area contributed by atoms with Gasteiger partial charge in [0.25, 0.3) is 0 Å². The predicted octanol–water partition coefficient (Wildman–Crippen LogP) is 2.04. The number of nitrogens with two attached hydrogens (primary N) is 1. The van der Waals surface area contributed by atoms with E-state index in [9.17, 15) is 4.79 Å². The molecule has 5 nitrogen and oxygen atoms in total. The van der Waals surface area contributed by atoms with E-state index in [1.165, 1.54) is 7.11 Å². The van der Waals surface area contributed by atoms with Gasteiger partial charge >= 0.3 is 5.97 Å². The molecular formula is C13H18ClNO4. The van der Waals surface area contributed by atoms with Gasteiger partial charge in [-0.3, -0.25) is 4.79 Å². The molecule has 2 rings (SSSR count). The van der Waals surface area contributed by atoms with Gasteiger partial charge in [-0.05, 0) is 31.5 Å². The minimum atomic E-state index is -0.803.